The molecule has 3 aromatic rings. The molecule has 0 atom stereocenters. The minimum Gasteiger partial charge on any atom is -0.507 e. The number of hydrogen-bond donors (Lipinski definition) is 1. The molecule has 0 fully saturated rings. The second-order valence-electron chi connectivity index (χ2n) is 5.86. The fourth-order valence-electron chi connectivity index (χ4n) is 2.70. The van der Waals surface area contributed by atoms with Crippen molar-refractivity contribution in [2.24, 2.45) is 0 Å². The molecule has 142 valence electrons. The summed E-state index contributed by atoms with van der Waals surface area (Å²) in [7, 11) is 0. The number of hydrogen-bond acceptors (Lipinski definition) is 5. The lowest BCUT2D eigenvalue weighted by atomic mass is 10.0. The molecule has 0 unspecified atom stereocenters. The molecule has 0 spiro atoms. The van der Waals surface area contributed by atoms with Crippen LogP contribution in [-0.4, -0.2) is 28.0 Å². The number of pyridine rings is 1. The number of halogens is 1. The maximum Gasteiger partial charge on any atom is 0.343 e. The average Bonchev–Trinajstić information content (AvgIpc) is 2.68. The van der Waals surface area contributed by atoms with Crippen molar-refractivity contribution < 1.29 is 23.8 Å². The molecule has 0 radical (unpaired) electrons. The normalized spacial score (nSPS) is 10.5. The molecule has 28 heavy (non-hydrogen) atoms. The second-order valence-corrected chi connectivity index (χ2v) is 5.86. The van der Waals surface area contributed by atoms with Crippen molar-refractivity contribution in [3.8, 4) is 11.4 Å². The van der Waals surface area contributed by atoms with Crippen LogP contribution < -0.4 is 5.56 Å². The van der Waals surface area contributed by atoms with Gasteiger partial charge in [-0.2, -0.15) is 0 Å². The van der Waals surface area contributed by atoms with E-state index in [1.54, 1.807) is 19.1 Å². The zero-order valence-corrected chi connectivity index (χ0v) is 14.9. The SMILES string of the molecule is CCOC(=O)c1cc(C(=O)c2ccccc2O)cn(-c2cccc(F)c2)c1=O. The van der Waals surface area contributed by atoms with E-state index < -0.39 is 23.1 Å². The number of rotatable bonds is 5. The van der Waals surface area contributed by atoms with Gasteiger partial charge in [-0.3, -0.25) is 14.2 Å². The van der Waals surface area contributed by atoms with Crippen molar-refractivity contribution in [3.05, 3.63) is 93.7 Å². The Bertz CT molecular complexity index is 1120. The first-order valence-electron chi connectivity index (χ1n) is 8.45. The molecule has 1 N–H and O–H groups in total. The number of nitrogens with zero attached hydrogens (tertiary/aromatic N) is 1. The topological polar surface area (TPSA) is 85.6 Å². The number of aromatic hydroxyl groups is 1. The summed E-state index contributed by atoms with van der Waals surface area (Å²) in [5, 5.41) is 9.95. The van der Waals surface area contributed by atoms with Gasteiger partial charge >= 0.3 is 5.97 Å². The Hall–Kier alpha value is -3.74. The van der Waals surface area contributed by atoms with Crippen LogP contribution >= 0.6 is 0 Å². The fourth-order valence-corrected chi connectivity index (χ4v) is 2.70. The number of benzene rings is 2. The predicted octanol–water partition coefficient (Wildman–Crippen LogP) is 3.09. The van der Waals surface area contributed by atoms with E-state index in [1.165, 1.54) is 36.5 Å². The van der Waals surface area contributed by atoms with Crippen LogP contribution in [0.2, 0.25) is 0 Å². The summed E-state index contributed by atoms with van der Waals surface area (Å²) in [6, 6.07) is 12.2. The maximum absolute atomic E-state index is 13.6. The number of phenols is 1. The van der Waals surface area contributed by atoms with Crippen molar-refractivity contribution in [2.45, 2.75) is 6.92 Å². The largest absolute Gasteiger partial charge is 0.507 e. The summed E-state index contributed by atoms with van der Waals surface area (Å²) >= 11 is 0. The number of carbonyl (C=O) groups is 2. The lowest BCUT2D eigenvalue weighted by Crippen LogP contribution is -2.27. The number of aromatic nitrogens is 1. The highest BCUT2D eigenvalue weighted by atomic mass is 19.1. The molecule has 0 aliphatic rings. The number of para-hydroxylation sites is 1. The zero-order chi connectivity index (χ0) is 20.3. The number of phenolic OH excluding ortho intramolecular Hbond substituents is 1. The first-order valence-corrected chi connectivity index (χ1v) is 8.45. The third-order valence-corrected chi connectivity index (χ3v) is 4.01. The lowest BCUT2D eigenvalue weighted by molar-refractivity contribution is 0.0524. The summed E-state index contributed by atoms with van der Waals surface area (Å²) in [5.74, 6) is -2.33. The molecule has 1 heterocycles. The summed E-state index contributed by atoms with van der Waals surface area (Å²) in [5.41, 5.74) is -1.01. The van der Waals surface area contributed by atoms with Crippen molar-refractivity contribution >= 4 is 11.8 Å². The van der Waals surface area contributed by atoms with Gasteiger partial charge in [-0.15, -0.1) is 0 Å². The molecule has 0 bridgehead atoms. The van der Waals surface area contributed by atoms with E-state index in [0.717, 1.165) is 16.7 Å². The summed E-state index contributed by atoms with van der Waals surface area (Å²) in [6.07, 6.45) is 1.20. The summed E-state index contributed by atoms with van der Waals surface area (Å²) in [4.78, 5) is 37.8. The fraction of sp³-hybridized carbons (Fsp3) is 0.0952. The minimum absolute atomic E-state index is 0.00162. The van der Waals surface area contributed by atoms with Crippen LogP contribution in [0, 0.1) is 5.82 Å². The molecule has 2 aromatic carbocycles. The van der Waals surface area contributed by atoms with E-state index in [1.807, 2.05) is 0 Å². The quantitative estimate of drug-likeness (QED) is 0.542. The Kier molecular flexibility index (Phi) is 5.35. The second kappa shape index (κ2) is 7.87. The van der Waals surface area contributed by atoms with Crippen molar-refractivity contribution in [2.75, 3.05) is 6.61 Å². The summed E-state index contributed by atoms with van der Waals surface area (Å²) in [6.45, 7) is 1.62. The van der Waals surface area contributed by atoms with Crippen LogP contribution in [0.1, 0.15) is 33.2 Å². The lowest BCUT2D eigenvalue weighted by Gasteiger charge is -2.12. The van der Waals surface area contributed by atoms with Crippen LogP contribution in [0.15, 0.2) is 65.6 Å². The molecule has 1 aromatic heterocycles. The van der Waals surface area contributed by atoms with Gasteiger partial charge in [0.2, 0.25) is 0 Å². The Morgan fingerprint density at radius 1 is 1.07 bits per heavy atom. The van der Waals surface area contributed by atoms with Crippen molar-refractivity contribution in [3.63, 3.8) is 0 Å². The number of esters is 1. The van der Waals surface area contributed by atoms with Gasteiger partial charge in [-0.1, -0.05) is 18.2 Å². The van der Waals surface area contributed by atoms with E-state index in [-0.39, 0.29) is 34.7 Å². The van der Waals surface area contributed by atoms with Crippen LogP contribution in [0.25, 0.3) is 5.69 Å². The van der Waals surface area contributed by atoms with E-state index in [4.69, 9.17) is 4.74 Å². The molecule has 0 saturated carbocycles. The molecule has 0 aliphatic heterocycles. The van der Waals surface area contributed by atoms with Gasteiger partial charge in [0.05, 0.1) is 17.9 Å². The van der Waals surface area contributed by atoms with Gasteiger partial charge < -0.3 is 9.84 Å². The van der Waals surface area contributed by atoms with Crippen molar-refractivity contribution in [1.29, 1.82) is 0 Å². The molecule has 7 heteroatoms. The standard InChI is InChI=1S/C21H16FNO5/c1-2-28-21(27)17-10-13(19(25)16-8-3-4-9-18(16)24)12-23(20(17)26)15-7-5-6-14(22)11-15/h3-12,24H,2H2,1H3. The third kappa shape index (κ3) is 3.68. The molecular weight excluding hydrogens is 365 g/mol. The van der Waals surface area contributed by atoms with Gasteiger partial charge in [-0.05, 0) is 43.3 Å². The van der Waals surface area contributed by atoms with Crippen LogP contribution in [0.5, 0.6) is 5.75 Å². The Morgan fingerprint density at radius 3 is 2.50 bits per heavy atom. The Labute approximate surface area is 159 Å². The first-order chi connectivity index (χ1) is 13.4. The molecular formula is C21H16FNO5. The van der Waals surface area contributed by atoms with Crippen LogP contribution in [-0.2, 0) is 4.74 Å². The van der Waals surface area contributed by atoms with Gasteiger partial charge in [0.25, 0.3) is 5.56 Å². The van der Waals surface area contributed by atoms with Crippen LogP contribution in [0.3, 0.4) is 0 Å². The number of ketones is 1. The van der Waals surface area contributed by atoms with Crippen LogP contribution in [0.4, 0.5) is 4.39 Å². The van der Waals surface area contributed by atoms with Gasteiger partial charge in [0, 0.05) is 11.8 Å². The molecule has 6 nitrogen and oxygen atoms in total. The third-order valence-electron chi connectivity index (χ3n) is 4.01. The maximum atomic E-state index is 13.6. The minimum atomic E-state index is -0.899. The highest BCUT2D eigenvalue weighted by Gasteiger charge is 2.21. The van der Waals surface area contributed by atoms with E-state index in [2.05, 4.69) is 0 Å². The molecule has 0 amide bonds. The predicted molar refractivity (Wildman–Crippen MR) is 99.5 cm³/mol. The smallest absolute Gasteiger partial charge is 0.343 e. The Balaban J connectivity index is 2.23. The van der Waals surface area contributed by atoms with Gasteiger partial charge in [-0.25, -0.2) is 9.18 Å². The monoisotopic (exact) mass is 381 g/mol. The highest BCUT2D eigenvalue weighted by molar-refractivity contribution is 6.11. The first kappa shape index (κ1) is 19.0. The highest BCUT2D eigenvalue weighted by Crippen LogP contribution is 2.21. The number of ether oxygens (including phenoxy) is 1. The summed E-state index contributed by atoms with van der Waals surface area (Å²) < 4.78 is 19.5. The molecule has 0 saturated heterocycles. The zero-order valence-electron chi connectivity index (χ0n) is 14.9. The van der Waals surface area contributed by atoms with E-state index in [0.29, 0.717) is 0 Å². The Morgan fingerprint density at radius 2 is 1.82 bits per heavy atom. The van der Waals surface area contributed by atoms with E-state index in [9.17, 15) is 23.9 Å². The van der Waals surface area contributed by atoms with E-state index >= 15 is 0 Å². The van der Waals surface area contributed by atoms with Gasteiger partial charge in [0.15, 0.2) is 5.78 Å². The van der Waals surface area contributed by atoms with Crippen molar-refractivity contribution in [1.82, 2.24) is 4.57 Å². The number of carbonyl (C=O) groups excluding carboxylic acids is 2. The average molecular weight is 381 g/mol. The molecule has 3 rings (SSSR count). The van der Waals surface area contributed by atoms with Gasteiger partial charge in [0.1, 0.15) is 17.1 Å². The molecule has 0 aliphatic carbocycles.